The highest BCUT2D eigenvalue weighted by Gasteiger charge is 2.11. The van der Waals surface area contributed by atoms with Gasteiger partial charge in [0.15, 0.2) is 18.1 Å². The Hall–Kier alpha value is -3.46. The molecule has 6 heteroatoms. The van der Waals surface area contributed by atoms with Crippen molar-refractivity contribution in [2.75, 3.05) is 32.8 Å². The summed E-state index contributed by atoms with van der Waals surface area (Å²) in [7, 11) is 4.80. The summed E-state index contributed by atoms with van der Waals surface area (Å²) in [5.41, 5.74) is 1.54. The van der Waals surface area contributed by atoms with Crippen LogP contribution in [0.5, 0.6) is 17.2 Å². The predicted octanol–water partition coefficient (Wildman–Crippen LogP) is 3.28. The molecule has 0 heterocycles. The van der Waals surface area contributed by atoms with E-state index in [0.29, 0.717) is 22.9 Å². The lowest BCUT2D eigenvalue weighted by atomic mass is 10.2. The van der Waals surface area contributed by atoms with E-state index < -0.39 is 0 Å². The molecule has 2 rings (SSSR count). The van der Waals surface area contributed by atoms with Crippen LogP contribution in [0.3, 0.4) is 0 Å². The number of benzene rings is 2. The smallest absolute Gasteiger partial charge is 0.250 e. The summed E-state index contributed by atoms with van der Waals surface area (Å²) in [5.74, 6) is 1.59. The van der Waals surface area contributed by atoms with Gasteiger partial charge in [0.25, 0.3) is 5.91 Å². The lowest BCUT2D eigenvalue weighted by molar-refractivity contribution is -0.113. The van der Waals surface area contributed by atoms with Crippen LogP contribution in [0.2, 0.25) is 0 Å². The summed E-state index contributed by atoms with van der Waals surface area (Å²) in [6.07, 6.45) is 3.20. The maximum Gasteiger partial charge on any atom is 0.250 e. The maximum absolute atomic E-state index is 12.4. The van der Waals surface area contributed by atoms with Crippen LogP contribution in [0.25, 0.3) is 6.08 Å². The summed E-state index contributed by atoms with van der Waals surface area (Å²) in [4.78, 5) is 13.9. The molecule has 0 aliphatic rings. The van der Waals surface area contributed by atoms with Gasteiger partial charge >= 0.3 is 0 Å². The number of carbonyl (C=O) groups excluding carboxylic acids is 1. The Morgan fingerprint density at radius 2 is 1.81 bits per heavy atom. The van der Waals surface area contributed by atoms with Gasteiger partial charge in [-0.05, 0) is 35.9 Å². The van der Waals surface area contributed by atoms with Gasteiger partial charge in [0.05, 0.1) is 14.2 Å². The third-order valence-electron chi connectivity index (χ3n) is 3.69. The number of methoxy groups -OCH3 is 2. The molecule has 0 saturated carbocycles. The second-order valence-electron chi connectivity index (χ2n) is 5.29. The van der Waals surface area contributed by atoms with Crippen molar-refractivity contribution in [3.05, 3.63) is 54.1 Å². The number of anilines is 1. The zero-order chi connectivity index (χ0) is 18.9. The van der Waals surface area contributed by atoms with E-state index in [9.17, 15) is 4.79 Å². The zero-order valence-electron chi connectivity index (χ0n) is 14.9. The fourth-order valence-corrected chi connectivity index (χ4v) is 2.23. The first-order valence-corrected chi connectivity index (χ1v) is 7.86. The minimum absolute atomic E-state index is 0.00376. The highest BCUT2D eigenvalue weighted by molar-refractivity contribution is 6.03. The third-order valence-corrected chi connectivity index (χ3v) is 3.69. The van der Waals surface area contributed by atoms with Crippen molar-refractivity contribution in [3.8, 4) is 23.3 Å². The monoisotopic (exact) mass is 352 g/mol. The summed E-state index contributed by atoms with van der Waals surface area (Å²) in [5, 5.41) is 8.49. The molecule has 0 spiro atoms. The quantitative estimate of drug-likeness (QED) is 0.715. The number of nitrogens with zero attached hydrogens (tertiary/aromatic N) is 2. The van der Waals surface area contributed by atoms with E-state index >= 15 is 0 Å². The Morgan fingerprint density at radius 3 is 2.42 bits per heavy atom. The molecular weight excluding hydrogens is 332 g/mol. The van der Waals surface area contributed by atoms with E-state index in [-0.39, 0.29) is 12.5 Å². The van der Waals surface area contributed by atoms with E-state index in [2.05, 4.69) is 0 Å². The highest BCUT2D eigenvalue weighted by atomic mass is 16.5. The summed E-state index contributed by atoms with van der Waals surface area (Å²) in [6, 6.07) is 14.3. The summed E-state index contributed by atoms with van der Waals surface area (Å²) in [6.45, 7) is 0.00376. The first kappa shape index (κ1) is 18.9. The molecule has 6 nitrogen and oxygen atoms in total. The van der Waals surface area contributed by atoms with Crippen molar-refractivity contribution >= 4 is 17.7 Å². The topological polar surface area (TPSA) is 71.8 Å². The molecule has 0 aromatic heterocycles. The van der Waals surface area contributed by atoms with Crippen LogP contribution in [0, 0.1) is 11.3 Å². The Balaban J connectivity index is 2.06. The maximum atomic E-state index is 12.4. The molecule has 0 N–H and O–H groups in total. The SMILES string of the molecule is COc1ccc(N(C)C(=O)/C=C/c2ccc(OCC#N)cc2)cc1OC. The van der Waals surface area contributed by atoms with Crippen molar-refractivity contribution in [1.82, 2.24) is 0 Å². The lowest BCUT2D eigenvalue weighted by Crippen LogP contribution is -2.23. The van der Waals surface area contributed by atoms with Gasteiger partial charge in [0.1, 0.15) is 11.8 Å². The zero-order valence-corrected chi connectivity index (χ0v) is 14.9. The van der Waals surface area contributed by atoms with Gasteiger partial charge in [-0.25, -0.2) is 0 Å². The molecule has 26 heavy (non-hydrogen) atoms. The summed E-state index contributed by atoms with van der Waals surface area (Å²) < 4.78 is 15.7. The van der Waals surface area contributed by atoms with Crippen LogP contribution in [0.1, 0.15) is 5.56 Å². The molecular formula is C20H20N2O4. The molecule has 0 aliphatic carbocycles. The van der Waals surface area contributed by atoms with Crippen LogP contribution in [0.4, 0.5) is 5.69 Å². The Morgan fingerprint density at radius 1 is 1.12 bits per heavy atom. The van der Waals surface area contributed by atoms with E-state index in [1.54, 1.807) is 57.7 Å². The number of rotatable bonds is 7. The van der Waals surface area contributed by atoms with Crippen LogP contribution in [0.15, 0.2) is 48.5 Å². The van der Waals surface area contributed by atoms with Gasteiger partial charge in [0, 0.05) is 24.9 Å². The normalized spacial score (nSPS) is 10.2. The van der Waals surface area contributed by atoms with Gasteiger partial charge in [-0.2, -0.15) is 5.26 Å². The third kappa shape index (κ3) is 4.77. The highest BCUT2D eigenvalue weighted by Crippen LogP contribution is 2.31. The van der Waals surface area contributed by atoms with Crippen molar-refractivity contribution < 1.29 is 19.0 Å². The average molecular weight is 352 g/mol. The number of nitriles is 1. The van der Waals surface area contributed by atoms with Gasteiger partial charge in [0.2, 0.25) is 0 Å². The van der Waals surface area contributed by atoms with Crippen molar-refractivity contribution in [2.24, 2.45) is 0 Å². The largest absolute Gasteiger partial charge is 0.493 e. The molecule has 0 saturated heterocycles. The number of amides is 1. The number of hydrogen-bond acceptors (Lipinski definition) is 5. The first-order chi connectivity index (χ1) is 12.6. The van der Waals surface area contributed by atoms with E-state index in [1.807, 2.05) is 18.2 Å². The number of hydrogen-bond donors (Lipinski definition) is 0. The van der Waals surface area contributed by atoms with Crippen LogP contribution < -0.4 is 19.1 Å². The van der Waals surface area contributed by atoms with Crippen molar-refractivity contribution in [2.45, 2.75) is 0 Å². The van der Waals surface area contributed by atoms with E-state index in [0.717, 1.165) is 5.56 Å². The van der Waals surface area contributed by atoms with Gasteiger partial charge < -0.3 is 19.1 Å². The van der Waals surface area contributed by atoms with Gasteiger partial charge in [-0.1, -0.05) is 12.1 Å². The minimum atomic E-state index is -0.179. The molecule has 0 bridgehead atoms. The first-order valence-electron chi connectivity index (χ1n) is 7.86. The number of likely N-dealkylation sites (N-methyl/N-ethyl adjacent to an activating group) is 1. The predicted molar refractivity (Wildman–Crippen MR) is 99.5 cm³/mol. The molecule has 0 radical (unpaired) electrons. The van der Waals surface area contributed by atoms with E-state index in [1.165, 1.54) is 11.0 Å². The molecule has 0 fully saturated rings. The second kappa shape index (κ2) is 9.14. The molecule has 2 aromatic carbocycles. The fourth-order valence-electron chi connectivity index (χ4n) is 2.23. The molecule has 0 atom stereocenters. The minimum Gasteiger partial charge on any atom is -0.493 e. The molecule has 0 aliphatic heterocycles. The van der Waals surface area contributed by atoms with Gasteiger partial charge in [-0.15, -0.1) is 0 Å². The van der Waals surface area contributed by atoms with Crippen LogP contribution >= 0.6 is 0 Å². The summed E-state index contributed by atoms with van der Waals surface area (Å²) >= 11 is 0. The van der Waals surface area contributed by atoms with Gasteiger partial charge in [-0.3, -0.25) is 4.79 Å². The Bertz CT molecular complexity index is 823. The van der Waals surface area contributed by atoms with Crippen molar-refractivity contribution in [1.29, 1.82) is 5.26 Å². The van der Waals surface area contributed by atoms with E-state index in [4.69, 9.17) is 19.5 Å². The molecule has 0 unspecified atom stereocenters. The van der Waals surface area contributed by atoms with Crippen molar-refractivity contribution in [3.63, 3.8) is 0 Å². The molecule has 2 aromatic rings. The number of carbonyl (C=O) groups is 1. The average Bonchev–Trinajstić information content (AvgIpc) is 2.70. The number of ether oxygens (including phenoxy) is 3. The Kier molecular flexibility index (Phi) is 6.63. The lowest BCUT2D eigenvalue weighted by Gasteiger charge is -2.17. The molecule has 134 valence electrons. The fraction of sp³-hybridized carbons (Fsp3) is 0.200. The molecule has 1 amide bonds. The van der Waals surface area contributed by atoms with Crippen LogP contribution in [-0.4, -0.2) is 33.8 Å². The standard InChI is InChI=1S/C20H20N2O4/c1-22(16-7-10-18(24-2)19(14-16)25-3)20(23)11-6-15-4-8-17(9-5-15)26-13-12-21/h4-11,14H,13H2,1-3H3/b11-6+. The Labute approximate surface area is 152 Å². The second-order valence-corrected chi connectivity index (χ2v) is 5.29. The van der Waals surface area contributed by atoms with Crippen LogP contribution in [-0.2, 0) is 4.79 Å².